The van der Waals surface area contributed by atoms with E-state index in [1.165, 1.54) is 4.90 Å². The fraction of sp³-hybridized carbons (Fsp3) is 0.200. The number of hydrogen-bond donors (Lipinski definition) is 0. The Morgan fingerprint density at radius 2 is 1.71 bits per heavy atom. The van der Waals surface area contributed by atoms with Crippen molar-refractivity contribution >= 4 is 29.2 Å². The number of para-hydroxylation sites is 1. The standard InChI is InChI=1S/C25H21ClN2O3/c1-16-7-9-17(10-8-16)23(29)27-21-15-25(2,31-22-6-4-3-5-20(21)22)28(24(27)30)19-13-11-18(26)12-14-19/h3-14,21H,15H2,1-2H3/t21-,25-/m1/s1. The number of nitrogens with zero attached hydrogens (tertiary/aromatic N) is 2. The van der Waals surface area contributed by atoms with E-state index in [4.69, 9.17) is 16.3 Å². The molecule has 2 heterocycles. The summed E-state index contributed by atoms with van der Waals surface area (Å²) in [5.74, 6) is 0.349. The second-order valence-corrected chi connectivity index (χ2v) is 8.61. The van der Waals surface area contributed by atoms with Gasteiger partial charge < -0.3 is 4.74 Å². The number of carbonyl (C=O) groups excluding carboxylic acids is 2. The summed E-state index contributed by atoms with van der Waals surface area (Å²) in [6.45, 7) is 3.85. The van der Waals surface area contributed by atoms with Gasteiger partial charge in [0.25, 0.3) is 5.91 Å². The molecule has 0 N–H and O–H groups in total. The summed E-state index contributed by atoms with van der Waals surface area (Å²) in [6.07, 6.45) is 0.454. The smallest absolute Gasteiger partial charge is 0.335 e. The highest BCUT2D eigenvalue weighted by molar-refractivity contribution is 6.30. The summed E-state index contributed by atoms with van der Waals surface area (Å²) in [7, 11) is 0. The largest absolute Gasteiger partial charge is 0.467 e. The van der Waals surface area contributed by atoms with Crippen LogP contribution in [-0.4, -0.2) is 22.6 Å². The third kappa shape index (κ3) is 3.17. The molecule has 0 unspecified atom stereocenters. The molecule has 3 aromatic rings. The van der Waals surface area contributed by atoms with Gasteiger partial charge in [-0.05, 0) is 56.3 Å². The zero-order valence-corrected chi connectivity index (χ0v) is 18.0. The zero-order chi connectivity index (χ0) is 21.8. The minimum Gasteiger partial charge on any atom is -0.467 e. The van der Waals surface area contributed by atoms with Gasteiger partial charge in [-0.2, -0.15) is 0 Å². The van der Waals surface area contributed by atoms with Gasteiger partial charge in [-0.1, -0.05) is 47.5 Å². The summed E-state index contributed by atoms with van der Waals surface area (Å²) in [5, 5.41) is 0.568. The van der Waals surface area contributed by atoms with Gasteiger partial charge >= 0.3 is 6.03 Å². The Bertz CT molecular complexity index is 1180. The number of anilines is 1. The number of fused-ring (bicyclic) bond motifs is 4. The number of benzene rings is 3. The van der Waals surface area contributed by atoms with E-state index in [9.17, 15) is 9.59 Å². The third-order valence-electron chi connectivity index (χ3n) is 5.96. The van der Waals surface area contributed by atoms with Crippen molar-refractivity contribution in [1.82, 2.24) is 4.90 Å². The molecule has 1 fully saturated rings. The summed E-state index contributed by atoms with van der Waals surface area (Å²) >= 11 is 6.07. The van der Waals surface area contributed by atoms with E-state index < -0.39 is 17.8 Å². The quantitative estimate of drug-likeness (QED) is 0.501. The summed E-state index contributed by atoms with van der Waals surface area (Å²) < 4.78 is 6.34. The van der Waals surface area contributed by atoms with Crippen LogP contribution in [0.15, 0.2) is 72.8 Å². The van der Waals surface area contributed by atoms with E-state index in [2.05, 4.69) is 0 Å². The Balaban J connectivity index is 1.66. The van der Waals surface area contributed by atoms with Crippen LogP contribution < -0.4 is 9.64 Å². The van der Waals surface area contributed by atoms with E-state index in [1.807, 2.05) is 50.2 Å². The molecule has 0 aliphatic carbocycles. The van der Waals surface area contributed by atoms with E-state index in [-0.39, 0.29) is 5.91 Å². The molecule has 2 aliphatic heterocycles. The summed E-state index contributed by atoms with van der Waals surface area (Å²) in [5.41, 5.74) is 2.05. The molecule has 0 spiro atoms. The lowest BCUT2D eigenvalue weighted by molar-refractivity contribution is 0.00268. The minimum absolute atomic E-state index is 0.326. The number of urea groups is 1. The first-order valence-corrected chi connectivity index (χ1v) is 10.5. The third-order valence-corrected chi connectivity index (χ3v) is 6.22. The molecule has 5 rings (SSSR count). The van der Waals surface area contributed by atoms with Gasteiger partial charge in [0, 0.05) is 28.3 Å². The van der Waals surface area contributed by atoms with Crippen molar-refractivity contribution in [3.63, 3.8) is 0 Å². The van der Waals surface area contributed by atoms with Crippen LogP contribution in [0.25, 0.3) is 0 Å². The van der Waals surface area contributed by atoms with Crippen LogP contribution in [0.4, 0.5) is 10.5 Å². The van der Waals surface area contributed by atoms with Gasteiger partial charge in [-0.25, -0.2) is 4.79 Å². The first-order valence-electron chi connectivity index (χ1n) is 10.2. The van der Waals surface area contributed by atoms with Crippen LogP contribution >= 0.6 is 11.6 Å². The number of carbonyl (C=O) groups is 2. The van der Waals surface area contributed by atoms with Crippen LogP contribution in [0.2, 0.25) is 5.02 Å². The van der Waals surface area contributed by atoms with Gasteiger partial charge in [0.1, 0.15) is 5.75 Å². The highest BCUT2D eigenvalue weighted by Crippen LogP contribution is 2.49. The molecular formula is C25H21ClN2O3. The van der Waals surface area contributed by atoms with Crippen LogP contribution in [0.3, 0.4) is 0 Å². The Kier molecular flexibility index (Phi) is 4.52. The number of ether oxygens (including phenoxy) is 1. The lowest BCUT2D eigenvalue weighted by Gasteiger charge is -2.53. The Morgan fingerprint density at radius 1 is 1.03 bits per heavy atom. The first-order chi connectivity index (χ1) is 14.9. The maximum Gasteiger partial charge on any atom is 0.335 e. The van der Waals surface area contributed by atoms with Crippen molar-refractivity contribution in [2.75, 3.05) is 4.90 Å². The number of rotatable bonds is 2. The lowest BCUT2D eigenvalue weighted by atomic mass is 9.88. The molecule has 0 saturated carbocycles. The van der Waals surface area contributed by atoms with E-state index in [0.29, 0.717) is 28.4 Å². The molecule has 2 atom stereocenters. The van der Waals surface area contributed by atoms with Crippen LogP contribution in [0.5, 0.6) is 5.75 Å². The Morgan fingerprint density at radius 3 is 2.42 bits per heavy atom. The second kappa shape index (κ2) is 7.13. The SMILES string of the molecule is Cc1ccc(C(=O)N2C(=O)N(c3ccc(Cl)cc3)[C@@]3(C)C[C@@H]2c2ccccc2O3)cc1. The number of amides is 3. The molecule has 3 amide bonds. The molecule has 31 heavy (non-hydrogen) atoms. The molecule has 1 saturated heterocycles. The molecule has 5 nitrogen and oxygen atoms in total. The zero-order valence-electron chi connectivity index (χ0n) is 17.2. The Hall–Kier alpha value is -3.31. The number of imide groups is 1. The summed E-state index contributed by atoms with van der Waals surface area (Å²) in [6, 6.07) is 21.0. The minimum atomic E-state index is -0.937. The van der Waals surface area contributed by atoms with Crippen LogP contribution in [0, 0.1) is 6.92 Å². The average molecular weight is 433 g/mol. The maximum absolute atomic E-state index is 13.8. The number of halogens is 1. The van der Waals surface area contributed by atoms with Crippen LogP contribution in [-0.2, 0) is 0 Å². The van der Waals surface area contributed by atoms with Gasteiger partial charge in [0.05, 0.1) is 6.04 Å². The van der Waals surface area contributed by atoms with E-state index in [1.54, 1.807) is 41.3 Å². The predicted molar refractivity (Wildman–Crippen MR) is 120 cm³/mol. The van der Waals surface area contributed by atoms with Gasteiger partial charge in [0.2, 0.25) is 0 Å². The molecule has 6 heteroatoms. The first kappa shape index (κ1) is 19.6. The van der Waals surface area contributed by atoms with Crippen molar-refractivity contribution < 1.29 is 14.3 Å². The van der Waals surface area contributed by atoms with Crippen molar-refractivity contribution in [2.45, 2.75) is 32.0 Å². The maximum atomic E-state index is 13.8. The fourth-order valence-electron chi connectivity index (χ4n) is 4.44. The molecular weight excluding hydrogens is 412 g/mol. The Labute approximate surface area is 185 Å². The van der Waals surface area contributed by atoms with Gasteiger partial charge in [-0.15, -0.1) is 0 Å². The van der Waals surface area contributed by atoms with Crippen molar-refractivity contribution in [2.24, 2.45) is 0 Å². The summed E-state index contributed by atoms with van der Waals surface area (Å²) in [4.78, 5) is 30.3. The fourth-order valence-corrected chi connectivity index (χ4v) is 4.57. The molecule has 2 aliphatic rings. The topological polar surface area (TPSA) is 49.9 Å². The lowest BCUT2D eigenvalue weighted by Crippen LogP contribution is -2.67. The van der Waals surface area contributed by atoms with E-state index in [0.717, 1.165) is 11.1 Å². The number of hydrogen-bond acceptors (Lipinski definition) is 3. The monoisotopic (exact) mass is 432 g/mol. The molecule has 2 bridgehead atoms. The molecule has 3 aromatic carbocycles. The van der Waals surface area contributed by atoms with Crippen molar-refractivity contribution in [1.29, 1.82) is 0 Å². The predicted octanol–water partition coefficient (Wildman–Crippen LogP) is 5.97. The van der Waals surface area contributed by atoms with Gasteiger partial charge in [0.15, 0.2) is 5.72 Å². The average Bonchev–Trinajstić information content (AvgIpc) is 2.75. The molecule has 0 aromatic heterocycles. The molecule has 0 radical (unpaired) electrons. The second-order valence-electron chi connectivity index (χ2n) is 8.17. The van der Waals surface area contributed by atoms with Crippen molar-refractivity contribution in [3.8, 4) is 5.75 Å². The highest BCUT2D eigenvalue weighted by atomic mass is 35.5. The normalized spacial score (nSPS) is 22.0. The highest BCUT2D eigenvalue weighted by Gasteiger charge is 2.55. The van der Waals surface area contributed by atoms with E-state index >= 15 is 0 Å². The molecule has 156 valence electrons. The number of aryl methyl sites for hydroxylation is 1. The van der Waals surface area contributed by atoms with Crippen molar-refractivity contribution in [3.05, 3.63) is 94.5 Å². The van der Waals surface area contributed by atoms with Crippen LogP contribution in [0.1, 0.15) is 40.9 Å². The van der Waals surface area contributed by atoms with Gasteiger partial charge in [-0.3, -0.25) is 14.6 Å².